The van der Waals surface area contributed by atoms with E-state index in [2.05, 4.69) is 11.4 Å². The number of likely N-dealkylation sites (tertiary alicyclic amines) is 1. The molecule has 1 aliphatic rings. The maximum atomic E-state index is 11.9. The van der Waals surface area contributed by atoms with Crippen molar-refractivity contribution in [3.8, 4) is 6.07 Å². The van der Waals surface area contributed by atoms with Crippen LogP contribution in [0.5, 0.6) is 0 Å². The van der Waals surface area contributed by atoms with Gasteiger partial charge in [-0.15, -0.1) is 11.8 Å². The monoisotopic (exact) mass is 331 g/mol. The first kappa shape index (κ1) is 17.4. The second-order valence-corrected chi connectivity index (χ2v) is 6.81. The third-order valence-corrected chi connectivity index (χ3v) is 4.67. The predicted molar refractivity (Wildman–Crippen MR) is 89.9 cm³/mol. The van der Waals surface area contributed by atoms with E-state index in [1.807, 2.05) is 24.0 Å². The van der Waals surface area contributed by atoms with Crippen LogP contribution >= 0.6 is 11.8 Å². The van der Waals surface area contributed by atoms with Crippen LogP contribution in [-0.2, 0) is 9.59 Å². The van der Waals surface area contributed by atoms with E-state index in [1.54, 1.807) is 23.9 Å². The minimum atomic E-state index is -0.0236. The minimum absolute atomic E-state index is 0.00490. The summed E-state index contributed by atoms with van der Waals surface area (Å²) < 4.78 is 0. The number of nitrogens with one attached hydrogen (secondary N) is 1. The van der Waals surface area contributed by atoms with Crippen LogP contribution in [0.4, 0.5) is 0 Å². The van der Waals surface area contributed by atoms with Crippen LogP contribution in [0, 0.1) is 11.3 Å². The Hall–Kier alpha value is -2.00. The molecule has 2 amide bonds. The molecular formula is C17H21N3O2S. The quantitative estimate of drug-likeness (QED) is 0.777. The number of hydrogen-bond acceptors (Lipinski definition) is 4. The normalized spacial score (nSPS) is 15.3. The maximum Gasteiger partial charge on any atom is 0.222 e. The Labute approximate surface area is 141 Å². The van der Waals surface area contributed by atoms with Gasteiger partial charge in [-0.1, -0.05) is 0 Å². The molecule has 5 nitrogen and oxygen atoms in total. The van der Waals surface area contributed by atoms with Gasteiger partial charge in [0, 0.05) is 42.6 Å². The fourth-order valence-corrected chi connectivity index (χ4v) is 3.36. The van der Waals surface area contributed by atoms with Crippen molar-refractivity contribution in [3.63, 3.8) is 0 Å². The Morgan fingerprint density at radius 1 is 1.43 bits per heavy atom. The van der Waals surface area contributed by atoms with Gasteiger partial charge in [0.05, 0.1) is 11.6 Å². The van der Waals surface area contributed by atoms with Crippen LogP contribution < -0.4 is 5.32 Å². The first-order valence-corrected chi connectivity index (χ1v) is 8.77. The van der Waals surface area contributed by atoms with Crippen molar-refractivity contribution < 1.29 is 9.59 Å². The molecular weight excluding hydrogens is 310 g/mol. The van der Waals surface area contributed by atoms with Gasteiger partial charge >= 0.3 is 0 Å². The SMILES string of the molecule is CC(CN1CCCC1=O)NC(=O)CCSc1ccc(C#N)cc1. The van der Waals surface area contributed by atoms with E-state index in [1.165, 1.54) is 0 Å². The van der Waals surface area contributed by atoms with E-state index >= 15 is 0 Å². The van der Waals surface area contributed by atoms with Crippen molar-refractivity contribution in [3.05, 3.63) is 29.8 Å². The highest BCUT2D eigenvalue weighted by Gasteiger charge is 2.22. The molecule has 1 fully saturated rings. The maximum absolute atomic E-state index is 11.9. The first-order chi connectivity index (χ1) is 11.1. The van der Waals surface area contributed by atoms with Crippen molar-refractivity contribution in [1.29, 1.82) is 5.26 Å². The molecule has 0 aromatic heterocycles. The topological polar surface area (TPSA) is 73.2 Å². The number of thioether (sulfide) groups is 1. The molecule has 1 aromatic carbocycles. The Balaban J connectivity index is 1.66. The highest BCUT2D eigenvalue weighted by molar-refractivity contribution is 7.99. The Morgan fingerprint density at radius 3 is 2.78 bits per heavy atom. The lowest BCUT2D eigenvalue weighted by molar-refractivity contribution is -0.129. The van der Waals surface area contributed by atoms with Crippen LogP contribution in [-0.4, -0.2) is 41.6 Å². The molecule has 1 aliphatic heterocycles. The lowest BCUT2D eigenvalue weighted by atomic mass is 10.2. The van der Waals surface area contributed by atoms with Crippen LogP contribution in [0.1, 0.15) is 31.7 Å². The summed E-state index contributed by atoms with van der Waals surface area (Å²) in [6, 6.07) is 9.39. The molecule has 6 heteroatoms. The fourth-order valence-electron chi connectivity index (χ4n) is 2.51. The van der Waals surface area contributed by atoms with Crippen molar-refractivity contribution in [2.45, 2.75) is 37.1 Å². The summed E-state index contributed by atoms with van der Waals surface area (Å²) in [6.07, 6.45) is 1.98. The number of nitrogens with zero attached hydrogens (tertiary/aromatic N) is 2. The number of amides is 2. The molecule has 0 spiro atoms. The standard InChI is InChI=1S/C17H21N3O2S/c1-13(12-20-9-2-3-17(20)22)19-16(21)8-10-23-15-6-4-14(11-18)5-7-15/h4-7,13H,2-3,8-10,12H2,1H3,(H,19,21). The molecule has 1 saturated heterocycles. The minimum Gasteiger partial charge on any atom is -0.352 e. The summed E-state index contributed by atoms with van der Waals surface area (Å²) in [5.41, 5.74) is 0.636. The first-order valence-electron chi connectivity index (χ1n) is 7.78. The van der Waals surface area contributed by atoms with Crippen LogP contribution in [0.3, 0.4) is 0 Å². The third-order valence-electron chi connectivity index (χ3n) is 3.65. The zero-order valence-corrected chi connectivity index (χ0v) is 14.1. The number of benzene rings is 1. The van der Waals surface area contributed by atoms with Crippen LogP contribution in [0.15, 0.2) is 29.2 Å². The zero-order valence-electron chi connectivity index (χ0n) is 13.2. The second kappa shape index (κ2) is 8.59. The van der Waals surface area contributed by atoms with Crippen molar-refractivity contribution in [1.82, 2.24) is 10.2 Å². The number of rotatable bonds is 7. The summed E-state index contributed by atoms with van der Waals surface area (Å²) in [6.45, 7) is 3.32. The molecule has 0 saturated carbocycles. The van der Waals surface area contributed by atoms with E-state index in [-0.39, 0.29) is 17.9 Å². The van der Waals surface area contributed by atoms with Gasteiger partial charge in [0.1, 0.15) is 0 Å². The molecule has 2 rings (SSSR count). The van der Waals surface area contributed by atoms with Gasteiger partial charge in [-0.05, 0) is 37.6 Å². The molecule has 1 aromatic rings. The molecule has 23 heavy (non-hydrogen) atoms. The summed E-state index contributed by atoms with van der Waals surface area (Å²) in [5.74, 6) is 0.875. The fraction of sp³-hybridized carbons (Fsp3) is 0.471. The molecule has 0 bridgehead atoms. The molecule has 1 unspecified atom stereocenters. The van der Waals surface area contributed by atoms with E-state index < -0.39 is 0 Å². The van der Waals surface area contributed by atoms with Gasteiger partial charge in [-0.25, -0.2) is 0 Å². The summed E-state index contributed by atoms with van der Waals surface area (Å²) in [5, 5.41) is 11.7. The summed E-state index contributed by atoms with van der Waals surface area (Å²) in [4.78, 5) is 26.4. The Bertz CT molecular complexity index is 595. The number of nitriles is 1. The van der Waals surface area contributed by atoms with Gasteiger partial charge in [0.15, 0.2) is 0 Å². The molecule has 1 N–H and O–H groups in total. The lowest BCUT2D eigenvalue weighted by Gasteiger charge is -2.21. The van der Waals surface area contributed by atoms with Crippen molar-refractivity contribution in [2.75, 3.05) is 18.8 Å². The largest absolute Gasteiger partial charge is 0.352 e. The number of carbonyl (C=O) groups is 2. The average Bonchev–Trinajstić information content (AvgIpc) is 2.93. The summed E-state index contributed by atoms with van der Waals surface area (Å²) >= 11 is 1.59. The van der Waals surface area contributed by atoms with Gasteiger partial charge in [0.2, 0.25) is 11.8 Å². The lowest BCUT2D eigenvalue weighted by Crippen LogP contribution is -2.42. The van der Waals surface area contributed by atoms with Crippen molar-refractivity contribution >= 4 is 23.6 Å². The molecule has 0 aliphatic carbocycles. The number of carbonyl (C=O) groups excluding carboxylic acids is 2. The Kier molecular flexibility index (Phi) is 6.48. The number of hydrogen-bond donors (Lipinski definition) is 1. The van der Waals surface area contributed by atoms with E-state index in [9.17, 15) is 9.59 Å². The highest BCUT2D eigenvalue weighted by Crippen LogP contribution is 2.19. The van der Waals surface area contributed by atoms with Crippen molar-refractivity contribution in [2.24, 2.45) is 0 Å². The molecule has 1 heterocycles. The van der Waals surface area contributed by atoms with Crippen LogP contribution in [0.25, 0.3) is 0 Å². The van der Waals surface area contributed by atoms with Crippen LogP contribution in [0.2, 0.25) is 0 Å². The zero-order chi connectivity index (χ0) is 16.7. The van der Waals surface area contributed by atoms with Gasteiger partial charge < -0.3 is 10.2 Å². The average molecular weight is 331 g/mol. The summed E-state index contributed by atoms with van der Waals surface area (Å²) in [7, 11) is 0. The molecule has 1 atom stereocenters. The van der Waals surface area contributed by atoms with Gasteiger partial charge in [-0.3, -0.25) is 9.59 Å². The van der Waals surface area contributed by atoms with Gasteiger partial charge in [0.25, 0.3) is 0 Å². The Morgan fingerprint density at radius 2 is 2.17 bits per heavy atom. The third kappa shape index (κ3) is 5.61. The second-order valence-electron chi connectivity index (χ2n) is 5.65. The predicted octanol–water partition coefficient (Wildman–Crippen LogP) is 2.17. The highest BCUT2D eigenvalue weighted by atomic mass is 32.2. The van der Waals surface area contributed by atoms with E-state index in [0.29, 0.717) is 30.7 Å². The van der Waals surface area contributed by atoms with E-state index in [0.717, 1.165) is 17.9 Å². The molecule has 0 radical (unpaired) electrons. The van der Waals surface area contributed by atoms with E-state index in [4.69, 9.17) is 5.26 Å². The molecule has 122 valence electrons. The van der Waals surface area contributed by atoms with Gasteiger partial charge in [-0.2, -0.15) is 5.26 Å². The smallest absolute Gasteiger partial charge is 0.222 e.